The van der Waals surface area contributed by atoms with Gasteiger partial charge in [-0.25, -0.2) is 4.79 Å². The number of halogens is 3. The zero-order valence-corrected chi connectivity index (χ0v) is 12.0. The average Bonchev–Trinajstić information content (AvgIpc) is 3.12. The van der Waals surface area contributed by atoms with Crippen molar-refractivity contribution < 1.29 is 32.2 Å². The molecule has 0 unspecified atom stereocenters. The second-order valence-electron chi connectivity index (χ2n) is 5.40. The number of ether oxygens (including phenoxy) is 2. The van der Waals surface area contributed by atoms with E-state index in [1.165, 1.54) is 0 Å². The molecule has 126 valence electrons. The molecule has 0 spiro atoms. The maximum atomic E-state index is 12.1. The summed E-state index contributed by atoms with van der Waals surface area (Å²) in [6.07, 6.45) is -2.93. The van der Waals surface area contributed by atoms with Gasteiger partial charge in [0.25, 0.3) is 0 Å². The Labute approximate surface area is 125 Å². The standard InChI is InChI=1S/C13H19F3N2O4/c14-13(15,16)8-22-12(20)18-5-1-4-10(18)11(19)17-7-9-3-2-6-21-9/h9-10H,1-8H2,(H,17,19)/t9-,10+/m0/s1. The number of hydrogen-bond acceptors (Lipinski definition) is 4. The minimum atomic E-state index is -4.58. The minimum absolute atomic E-state index is 0.0315. The second-order valence-corrected chi connectivity index (χ2v) is 5.40. The molecule has 0 saturated carbocycles. The Balaban J connectivity index is 1.80. The van der Waals surface area contributed by atoms with Crippen LogP contribution >= 0.6 is 0 Å². The highest BCUT2D eigenvalue weighted by Gasteiger charge is 2.37. The van der Waals surface area contributed by atoms with Crippen molar-refractivity contribution in [3.63, 3.8) is 0 Å². The van der Waals surface area contributed by atoms with Crippen LogP contribution in [0.2, 0.25) is 0 Å². The monoisotopic (exact) mass is 324 g/mol. The zero-order chi connectivity index (χ0) is 16.2. The highest BCUT2D eigenvalue weighted by molar-refractivity contribution is 5.86. The number of carbonyl (C=O) groups is 2. The Kier molecular flexibility index (Phi) is 5.49. The molecule has 0 aromatic carbocycles. The average molecular weight is 324 g/mol. The van der Waals surface area contributed by atoms with Gasteiger partial charge in [-0.3, -0.25) is 9.69 Å². The fourth-order valence-electron chi connectivity index (χ4n) is 2.62. The first-order valence-electron chi connectivity index (χ1n) is 7.26. The third kappa shape index (κ3) is 4.75. The second kappa shape index (κ2) is 7.17. The van der Waals surface area contributed by atoms with Crippen molar-refractivity contribution in [3.05, 3.63) is 0 Å². The molecule has 2 fully saturated rings. The quantitative estimate of drug-likeness (QED) is 0.850. The van der Waals surface area contributed by atoms with Crippen LogP contribution in [0.5, 0.6) is 0 Å². The summed E-state index contributed by atoms with van der Waals surface area (Å²) in [4.78, 5) is 24.8. The van der Waals surface area contributed by atoms with Gasteiger partial charge in [-0.05, 0) is 25.7 Å². The number of amides is 2. The fourth-order valence-corrected chi connectivity index (χ4v) is 2.62. The Bertz CT molecular complexity index is 411. The molecule has 1 N–H and O–H groups in total. The molecule has 22 heavy (non-hydrogen) atoms. The van der Waals surface area contributed by atoms with Crippen LogP contribution in [0, 0.1) is 0 Å². The van der Waals surface area contributed by atoms with Crippen molar-refractivity contribution in [2.45, 2.75) is 44.0 Å². The SMILES string of the molecule is O=C(NC[C@@H]1CCCO1)[C@H]1CCCN1C(=O)OCC(F)(F)F. The van der Waals surface area contributed by atoms with E-state index in [-0.39, 0.29) is 18.6 Å². The van der Waals surface area contributed by atoms with Crippen LogP contribution in [-0.4, -0.2) is 61.5 Å². The molecule has 0 aromatic heterocycles. The smallest absolute Gasteiger partial charge is 0.422 e. The summed E-state index contributed by atoms with van der Waals surface area (Å²) < 4.78 is 45.8. The van der Waals surface area contributed by atoms with Crippen LogP contribution in [0.3, 0.4) is 0 Å². The van der Waals surface area contributed by atoms with Gasteiger partial charge in [0.1, 0.15) is 6.04 Å². The van der Waals surface area contributed by atoms with E-state index < -0.39 is 24.9 Å². The third-order valence-electron chi connectivity index (χ3n) is 3.68. The van der Waals surface area contributed by atoms with E-state index in [1.54, 1.807) is 0 Å². The van der Waals surface area contributed by atoms with Gasteiger partial charge in [-0.1, -0.05) is 0 Å². The minimum Gasteiger partial charge on any atom is -0.440 e. The van der Waals surface area contributed by atoms with E-state index in [4.69, 9.17) is 4.74 Å². The van der Waals surface area contributed by atoms with Crippen LogP contribution in [0.1, 0.15) is 25.7 Å². The predicted molar refractivity (Wildman–Crippen MR) is 69.1 cm³/mol. The lowest BCUT2D eigenvalue weighted by Gasteiger charge is -2.24. The summed E-state index contributed by atoms with van der Waals surface area (Å²) in [7, 11) is 0. The number of likely N-dealkylation sites (tertiary alicyclic amines) is 1. The van der Waals surface area contributed by atoms with Gasteiger partial charge in [-0.15, -0.1) is 0 Å². The Morgan fingerprint density at radius 1 is 1.27 bits per heavy atom. The molecule has 0 aromatic rings. The van der Waals surface area contributed by atoms with Crippen LogP contribution in [0.4, 0.5) is 18.0 Å². The molecule has 2 atom stereocenters. The van der Waals surface area contributed by atoms with Gasteiger partial charge in [0, 0.05) is 19.7 Å². The third-order valence-corrected chi connectivity index (χ3v) is 3.68. The van der Waals surface area contributed by atoms with E-state index >= 15 is 0 Å². The highest BCUT2D eigenvalue weighted by atomic mass is 19.4. The van der Waals surface area contributed by atoms with Gasteiger partial charge < -0.3 is 14.8 Å². The van der Waals surface area contributed by atoms with Gasteiger partial charge in [0.15, 0.2) is 6.61 Å². The summed E-state index contributed by atoms with van der Waals surface area (Å²) in [5.41, 5.74) is 0. The number of rotatable bonds is 4. The Hall–Kier alpha value is -1.51. The fraction of sp³-hybridized carbons (Fsp3) is 0.846. The number of nitrogens with one attached hydrogen (secondary N) is 1. The van der Waals surface area contributed by atoms with Crippen LogP contribution in [0.25, 0.3) is 0 Å². The molecule has 0 bridgehead atoms. The molecule has 2 aliphatic rings. The summed E-state index contributed by atoms with van der Waals surface area (Å²) in [5.74, 6) is -0.378. The first kappa shape index (κ1) is 16.9. The van der Waals surface area contributed by atoms with E-state index in [9.17, 15) is 22.8 Å². The number of nitrogens with zero attached hydrogens (tertiary/aromatic N) is 1. The molecule has 2 saturated heterocycles. The highest BCUT2D eigenvalue weighted by Crippen LogP contribution is 2.21. The first-order chi connectivity index (χ1) is 10.4. The van der Waals surface area contributed by atoms with Crippen molar-refractivity contribution in [2.75, 3.05) is 26.3 Å². The lowest BCUT2D eigenvalue weighted by molar-refractivity contribution is -0.162. The number of hydrogen-bond donors (Lipinski definition) is 1. The van der Waals surface area contributed by atoms with E-state index in [0.717, 1.165) is 17.7 Å². The lowest BCUT2D eigenvalue weighted by atomic mass is 10.2. The Morgan fingerprint density at radius 3 is 2.68 bits per heavy atom. The van der Waals surface area contributed by atoms with E-state index in [0.29, 0.717) is 26.0 Å². The van der Waals surface area contributed by atoms with Crippen LogP contribution in [-0.2, 0) is 14.3 Å². The van der Waals surface area contributed by atoms with Gasteiger partial charge in [-0.2, -0.15) is 13.2 Å². The predicted octanol–water partition coefficient (Wildman–Crippen LogP) is 1.44. The maximum absolute atomic E-state index is 12.1. The molecule has 2 aliphatic heterocycles. The zero-order valence-electron chi connectivity index (χ0n) is 12.0. The van der Waals surface area contributed by atoms with Crippen molar-refractivity contribution in [2.24, 2.45) is 0 Å². The first-order valence-corrected chi connectivity index (χ1v) is 7.26. The number of carbonyl (C=O) groups excluding carboxylic acids is 2. The van der Waals surface area contributed by atoms with Crippen molar-refractivity contribution in [3.8, 4) is 0 Å². The van der Waals surface area contributed by atoms with Crippen molar-refractivity contribution >= 4 is 12.0 Å². The van der Waals surface area contributed by atoms with Gasteiger partial charge >= 0.3 is 12.3 Å². The molecule has 2 heterocycles. The Morgan fingerprint density at radius 2 is 2.05 bits per heavy atom. The van der Waals surface area contributed by atoms with E-state index in [2.05, 4.69) is 10.1 Å². The normalized spacial score (nSPS) is 25.3. The number of alkyl halides is 3. The topological polar surface area (TPSA) is 67.9 Å². The van der Waals surface area contributed by atoms with Crippen molar-refractivity contribution in [1.82, 2.24) is 10.2 Å². The van der Waals surface area contributed by atoms with Crippen molar-refractivity contribution in [1.29, 1.82) is 0 Å². The summed E-state index contributed by atoms with van der Waals surface area (Å²) in [6.45, 7) is -0.415. The van der Waals surface area contributed by atoms with Crippen LogP contribution < -0.4 is 5.32 Å². The molecular formula is C13H19F3N2O4. The summed E-state index contributed by atoms with van der Waals surface area (Å²) >= 11 is 0. The molecule has 2 rings (SSSR count). The largest absolute Gasteiger partial charge is 0.440 e. The maximum Gasteiger partial charge on any atom is 0.422 e. The summed E-state index contributed by atoms with van der Waals surface area (Å²) in [5, 5.41) is 2.69. The molecular weight excluding hydrogens is 305 g/mol. The molecule has 0 aliphatic carbocycles. The van der Waals surface area contributed by atoms with Crippen LogP contribution in [0.15, 0.2) is 0 Å². The molecule has 6 nitrogen and oxygen atoms in total. The van der Waals surface area contributed by atoms with Gasteiger partial charge in [0.2, 0.25) is 5.91 Å². The lowest BCUT2D eigenvalue weighted by Crippen LogP contribution is -2.48. The summed E-state index contributed by atoms with van der Waals surface area (Å²) in [6, 6.07) is -0.776. The van der Waals surface area contributed by atoms with Gasteiger partial charge in [0.05, 0.1) is 6.10 Å². The molecule has 2 amide bonds. The van der Waals surface area contributed by atoms with E-state index in [1.807, 2.05) is 0 Å². The molecule has 9 heteroatoms. The molecule has 0 radical (unpaired) electrons.